The van der Waals surface area contributed by atoms with Crippen molar-refractivity contribution in [2.75, 3.05) is 0 Å². The van der Waals surface area contributed by atoms with Gasteiger partial charge in [-0.1, -0.05) is 13.8 Å². The van der Waals surface area contributed by atoms with E-state index in [-0.39, 0.29) is 4.47 Å². The molecule has 1 rings (SSSR count). The molecule has 0 saturated heterocycles. The molecule has 0 heterocycles. The summed E-state index contributed by atoms with van der Waals surface area (Å²) in [6, 6.07) is 1.73. The summed E-state index contributed by atoms with van der Waals surface area (Å²) in [4.78, 5) is 21.1. The Hall–Kier alpha value is -1.70. The molecule has 0 aliphatic heterocycles. The molecule has 1 N–H and O–H groups in total. The third-order valence-electron chi connectivity index (χ3n) is 2.30. The number of hydrogen-bond acceptors (Lipinski definition) is 4. The van der Waals surface area contributed by atoms with Crippen molar-refractivity contribution in [2.24, 2.45) is 5.92 Å². The number of aliphatic carboxylic acids is 1. The minimum absolute atomic E-state index is 0.0945. The Labute approximate surface area is 116 Å². The number of halogens is 2. The molecule has 0 saturated carbocycles. The lowest BCUT2D eigenvalue weighted by atomic mass is 10.1. The number of rotatable bonds is 5. The molecule has 0 bridgehead atoms. The molecule has 6 nitrogen and oxygen atoms in total. The van der Waals surface area contributed by atoms with Crippen LogP contribution in [0.3, 0.4) is 0 Å². The molecule has 0 radical (unpaired) electrons. The third-order valence-corrected chi connectivity index (χ3v) is 2.91. The van der Waals surface area contributed by atoms with Crippen molar-refractivity contribution < 1.29 is 24.0 Å². The number of carboxylic acid groups (broad SMARTS) is 1. The zero-order chi connectivity index (χ0) is 14.7. The third kappa shape index (κ3) is 3.63. The second-order valence-electron chi connectivity index (χ2n) is 4.11. The van der Waals surface area contributed by atoms with Gasteiger partial charge in [-0.2, -0.15) is 0 Å². The normalized spacial score (nSPS) is 12.3. The number of hydrogen-bond donors (Lipinski definition) is 1. The molecule has 8 heteroatoms. The highest BCUT2D eigenvalue weighted by Gasteiger charge is 2.28. The van der Waals surface area contributed by atoms with E-state index in [0.717, 1.165) is 12.1 Å². The summed E-state index contributed by atoms with van der Waals surface area (Å²) in [5.74, 6) is -2.88. The van der Waals surface area contributed by atoms with E-state index in [9.17, 15) is 19.3 Å². The smallest absolute Gasteiger partial charge is 0.345 e. The summed E-state index contributed by atoms with van der Waals surface area (Å²) in [6.07, 6.45) is -1.29. The van der Waals surface area contributed by atoms with Crippen molar-refractivity contribution in [1.82, 2.24) is 0 Å². The lowest BCUT2D eigenvalue weighted by molar-refractivity contribution is -0.386. The zero-order valence-corrected chi connectivity index (χ0v) is 11.7. The number of nitrogens with zero attached hydrogens (tertiary/aromatic N) is 1. The Balaban J connectivity index is 3.22. The standard InChI is InChI=1S/C11H11BrFNO5/c1-5(2)10(11(15)16)19-9-4-7(13)6(12)3-8(9)14(17)18/h3-5,10H,1-2H3,(H,15,16). The first-order valence-electron chi connectivity index (χ1n) is 5.27. The highest BCUT2D eigenvalue weighted by Crippen LogP contribution is 2.33. The molecule has 0 fully saturated rings. The Morgan fingerprint density at radius 3 is 2.53 bits per heavy atom. The van der Waals surface area contributed by atoms with Gasteiger partial charge in [0.25, 0.3) is 0 Å². The molecule has 104 valence electrons. The largest absolute Gasteiger partial charge is 0.478 e. The number of nitro benzene ring substituents is 1. The molecule has 0 spiro atoms. The van der Waals surface area contributed by atoms with Gasteiger partial charge in [0.1, 0.15) is 5.82 Å². The summed E-state index contributed by atoms with van der Waals surface area (Å²) >= 11 is 2.82. The van der Waals surface area contributed by atoms with E-state index in [0.29, 0.717) is 0 Å². The molecule has 0 amide bonds. The fourth-order valence-electron chi connectivity index (χ4n) is 1.36. The van der Waals surface area contributed by atoms with Crippen molar-refractivity contribution in [2.45, 2.75) is 20.0 Å². The van der Waals surface area contributed by atoms with E-state index >= 15 is 0 Å². The van der Waals surface area contributed by atoms with E-state index in [4.69, 9.17) is 9.84 Å². The maximum atomic E-state index is 13.4. The molecular formula is C11H11BrFNO5. The predicted octanol–water partition coefficient (Wildman–Crippen LogP) is 2.98. The molecule has 1 aromatic rings. The van der Waals surface area contributed by atoms with Crippen LogP contribution in [0.5, 0.6) is 5.75 Å². The summed E-state index contributed by atoms with van der Waals surface area (Å²) in [7, 11) is 0. The molecule has 0 aliphatic carbocycles. The summed E-state index contributed by atoms with van der Waals surface area (Å²) < 4.78 is 18.3. The fourth-order valence-corrected chi connectivity index (χ4v) is 1.69. The Morgan fingerprint density at radius 2 is 2.11 bits per heavy atom. The first-order chi connectivity index (χ1) is 8.73. The van der Waals surface area contributed by atoms with E-state index in [1.807, 2.05) is 0 Å². The zero-order valence-electron chi connectivity index (χ0n) is 10.1. The van der Waals surface area contributed by atoms with Crippen molar-refractivity contribution >= 4 is 27.6 Å². The summed E-state index contributed by atoms with van der Waals surface area (Å²) in [6.45, 7) is 3.17. The maximum absolute atomic E-state index is 13.4. The number of carbonyl (C=O) groups is 1. The SMILES string of the molecule is CC(C)C(Oc1cc(F)c(Br)cc1[N+](=O)[O-])C(=O)O. The fraction of sp³-hybridized carbons (Fsp3) is 0.364. The van der Waals surface area contributed by atoms with Crippen LogP contribution in [0.25, 0.3) is 0 Å². The van der Waals surface area contributed by atoms with Crippen LogP contribution in [0.15, 0.2) is 16.6 Å². The minimum Gasteiger partial charge on any atom is -0.478 e. The van der Waals surface area contributed by atoms with Gasteiger partial charge in [0.2, 0.25) is 5.75 Å². The molecule has 1 aromatic carbocycles. The average molecular weight is 336 g/mol. The molecule has 0 aromatic heterocycles. The highest BCUT2D eigenvalue weighted by atomic mass is 79.9. The molecular weight excluding hydrogens is 325 g/mol. The Kier molecular flexibility index (Phi) is 4.82. The van der Waals surface area contributed by atoms with Gasteiger partial charge >= 0.3 is 11.7 Å². The lowest BCUT2D eigenvalue weighted by Crippen LogP contribution is -2.32. The van der Waals surface area contributed by atoms with Crippen LogP contribution in [0.2, 0.25) is 0 Å². The minimum atomic E-state index is -1.29. The van der Waals surface area contributed by atoms with Gasteiger partial charge in [-0.15, -0.1) is 0 Å². The highest BCUT2D eigenvalue weighted by molar-refractivity contribution is 9.10. The van der Waals surface area contributed by atoms with Crippen molar-refractivity contribution in [3.8, 4) is 5.75 Å². The number of carboxylic acids is 1. The first kappa shape index (κ1) is 15.4. The van der Waals surface area contributed by atoms with Gasteiger partial charge in [-0.25, -0.2) is 9.18 Å². The van der Waals surface area contributed by atoms with Crippen LogP contribution in [0, 0.1) is 21.8 Å². The monoisotopic (exact) mass is 335 g/mol. The van der Waals surface area contributed by atoms with E-state index < -0.39 is 40.2 Å². The lowest BCUT2D eigenvalue weighted by Gasteiger charge is -2.18. The van der Waals surface area contributed by atoms with Crippen LogP contribution in [-0.2, 0) is 4.79 Å². The van der Waals surface area contributed by atoms with Gasteiger partial charge in [0.15, 0.2) is 6.10 Å². The number of ether oxygens (including phenoxy) is 1. The van der Waals surface area contributed by atoms with E-state index in [2.05, 4.69) is 15.9 Å². The maximum Gasteiger partial charge on any atom is 0.345 e. The van der Waals surface area contributed by atoms with Crippen LogP contribution in [0.4, 0.5) is 10.1 Å². The van der Waals surface area contributed by atoms with Gasteiger partial charge in [0.05, 0.1) is 9.40 Å². The second kappa shape index (κ2) is 5.96. The van der Waals surface area contributed by atoms with Crippen LogP contribution >= 0.6 is 15.9 Å². The van der Waals surface area contributed by atoms with Crippen LogP contribution in [-0.4, -0.2) is 22.1 Å². The Bertz CT molecular complexity index is 520. The predicted molar refractivity (Wildman–Crippen MR) is 67.6 cm³/mol. The van der Waals surface area contributed by atoms with Crippen LogP contribution in [0.1, 0.15) is 13.8 Å². The van der Waals surface area contributed by atoms with Crippen molar-refractivity contribution in [1.29, 1.82) is 0 Å². The van der Waals surface area contributed by atoms with Gasteiger partial charge in [0, 0.05) is 18.1 Å². The van der Waals surface area contributed by atoms with Crippen molar-refractivity contribution in [3.63, 3.8) is 0 Å². The van der Waals surface area contributed by atoms with E-state index in [1.54, 1.807) is 13.8 Å². The van der Waals surface area contributed by atoms with Crippen LogP contribution < -0.4 is 4.74 Å². The molecule has 0 aliphatic rings. The molecule has 1 atom stereocenters. The van der Waals surface area contributed by atoms with Gasteiger partial charge < -0.3 is 9.84 Å². The number of nitro groups is 1. The topological polar surface area (TPSA) is 89.7 Å². The Morgan fingerprint density at radius 1 is 1.53 bits per heavy atom. The molecule has 1 unspecified atom stereocenters. The second-order valence-corrected chi connectivity index (χ2v) is 4.97. The quantitative estimate of drug-likeness (QED) is 0.659. The van der Waals surface area contributed by atoms with Gasteiger partial charge in [-0.05, 0) is 15.9 Å². The molecule has 19 heavy (non-hydrogen) atoms. The summed E-state index contributed by atoms with van der Waals surface area (Å²) in [5.41, 5.74) is -0.500. The first-order valence-corrected chi connectivity index (χ1v) is 6.06. The number of benzene rings is 1. The summed E-state index contributed by atoms with van der Waals surface area (Å²) in [5, 5.41) is 19.8. The average Bonchev–Trinajstić information content (AvgIpc) is 2.28. The van der Waals surface area contributed by atoms with Gasteiger partial charge in [-0.3, -0.25) is 10.1 Å². The van der Waals surface area contributed by atoms with Crippen molar-refractivity contribution in [3.05, 3.63) is 32.5 Å². The van der Waals surface area contributed by atoms with E-state index in [1.165, 1.54) is 0 Å².